The highest BCUT2D eigenvalue weighted by molar-refractivity contribution is 5.79. The maximum absolute atomic E-state index is 11.1. The van der Waals surface area contributed by atoms with Crippen molar-refractivity contribution in [2.75, 3.05) is 0 Å². The Morgan fingerprint density at radius 3 is 2.67 bits per heavy atom. The molecule has 2 heteroatoms. The summed E-state index contributed by atoms with van der Waals surface area (Å²) >= 11 is 0. The second-order valence-electron chi connectivity index (χ2n) is 4.13. The summed E-state index contributed by atoms with van der Waals surface area (Å²) in [5, 5.41) is 3.08. The van der Waals surface area contributed by atoms with Crippen molar-refractivity contribution >= 4 is 5.91 Å². The summed E-state index contributed by atoms with van der Waals surface area (Å²) in [6.07, 6.45) is 8.65. The zero-order valence-corrected chi connectivity index (χ0v) is 7.51. The minimum atomic E-state index is 0.284. The maximum atomic E-state index is 11.1. The summed E-state index contributed by atoms with van der Waals surface area (Å²) in [6, 6.07) is 0.526. The molecule has 0 radical (unpaired) electrons. The van der Waals surface area contributed by atoms with Crippen molar-refractivity contribution in [1.82, 2.24) is 5.32 Å². The number of hydrogen-bond acceptors (Lipinski definition) is 1. The van der Waals surface area contributed by atoms with Crippen LogP contribution in [0.3, 0.4) is 0 Å². The van der Waals surface area contributed by atoms with E-state index in [1.807, 2.05) is 0 Å². The lowest BCUT2D eigenvalue weighted by atomic mass is 9.88. The lowest BCUT2D eigenvalue weighted by Gasteiger charge is -2.21. The Morgan fingerprint density at radius 1 is 1.08 bits per heavy atom. The van der Waals surface area contributed by atoms with Crippen molar-refractivity contribution in [3.05, 3.63) is 0 Å². The second kappa shape index (κ2) is 3.46. The van der Waals surface area contributed by atoms with Gasteiger partial charge in [0.15, 0.2) is 0 Å². The Bertz CT molecular complexity index is 161. The van der Waals surface area contributed by atoms with E-state index in [4.69, 9.17) is 0 Å². The summed E-state index contributed by atoms with van der Waals surface area (Å²) in [7, 11) is 0. The van der Waals surface area contributed by atoms with Crippen LogP contribution in [0.1, 0.15) is 44.9 Å². The highest BCUT2D eigenvalue weighted by Gasteiger charge is 2.31. The van der Waals surface area contributed by atoms with E-state index in [1.54, 1.807) is 0 Å². The highest BCUT2D eigenvalue weighted by Crippen LogP contribution is 2.28. The second-order valence-corrected chi connectivity index (χ2v) is 4.13. The zero-order valence-electron chi connectivity index (χ0n) is 7.51. The van der Waals surface area contributed by atoms with Crippen LogP contribution in [-0.4, -0.2) is 11.9 Å². The van der Waals surface area contributed by atoms with Crippen LogP contribution in [0.4, 0.5) is 0 Å². The van der Waals surface area contributed by atoms with E-state index in [9.17, 15) is 4.79 Å². The van der Waals surface area contributed by atoms with Crippen molar-refractivity contribution in [2.45, 2.75) is 51.0 Å². The third kappa shape index (κ3) is 1.62. The van der Waals surface area contributed by atoms with Gasteiger partial charge in [-0.1, -0.05) is 25.7 Å². The van der Waals surface area contributed by atoms with Gasteiger partial charge in [-0.15, -0.1) is 0 Å². The average Bonchev–Trinajstić information content (AvgIpc) is 2.32. The molecule has 0 bridgehead atoms. The van der Waals surface area contributed by atoms with Crippen LogP contribution in [0.5, 0.6) is 0 Å². The molecule has 1 amide bonds. The van der Waals surface area contributed by atoms with Gasteiger partial charge in [0.05, 0.1) is 0 Å². The molecule has 2 nitrogen and oxygen atoms in total. The molecule has 1 saturated heterocycles. The van der Waals surface area contributed by atoms with Crippen molar-refractivity contribution in [3.8, 4) is 0 Å². The molecule has 1 N–H and O–H groups in total. The molecule has 1 aliphatic carbocycles. The standard InChI is InChI=1S/C10H17NO/c12-10-7-8-5-3-1-2-4-6-9(8)11-10/h8-9H,1-7H2,(H,11,12)/t8-,9?/m1/s1. The van der Waals surface area contributed by atoms with E-state index in [0.717, 1.165) is 6.42 Å². The normalized spacial score (nSPS) is 36.5. The van der Waals surface area contributed by atoms with E-state index in [1.165, 1.54) is 38.5 Å². The third-order valence-electron chi connectivity index (χ3n) is 3.20. The fourth-order valence-electron chi connectivity index (χ4n) is 2.50. The molecular formula is C10H17NO. The van der Waals surface area contributed by atoms with Crippen molar-refractivity contribution in [3.63, 3.8) is 0 Å². The molecular weight excluding hydrogens is 150 g/mol. The molecule has 1 aliphatic heterocycles. The summed E-state index contributed by atoms with van der Waals surface area (Å²) in [5.41, 5.74) is 0. The van der Waals surface area contributed by atoms with E-state index in [-0.39, 0.29) is 5.91 Å². The fraction of sp³-hybridized carbons (Fsp3) is 0.900. The molecule has 2 aliphatic rings. The maximum Gasteiger partial charge on any atom is 0.220 e. The predicted octanol–water partition coefficient (Wildman–Crippen LogP) is 1.85. The largest absolute Gasteiger partial charge is 0.353 e. The van der Waals surface area contributed by atoms with Gasteiger partial charge in [0.1, 0.15) is 0 Å². The first-order chi connectivity index (χ1) is 5.86. The molecule has 12 heavy (non-hydrogen) atoms. The summed E-state index contributed by atoms with van der Waals surface area (Å²) in [6.45, 7) is 0. The Kier molecular flexibility index (Phi) is 2.33. The van der Waals surface area contributed by atoms with Crippen LogP contribution in [-0.2, 0) is 4.79 Å². The van der Waals surface area contributed by atoms with Gasteiger partial charge >= 0.3 is 0 Å². The molecule has 68 valence electrons. The highest BCUT2D eigenvalue weighted by atomic mass is 16.1. The lowest BCUT2D eigenvalue weighted by Crippen LogP contribution is -2.29. The van der Waals surface area contributed by atoms with Gasteiger partial charge in [0.2, 0.25) is 5.91 Å². The molecule has 1 saturated carbocycles. The fourth-order valence-corrected chi connectivity index (χ4v) is 2.50. The van der Waals surface area contributed by atoms with Gasteiger partial charge in [-0.05, 0) is 18.8 Å². The number of hydrogen-bond donors (Lipinski definition) is 1. The van der Waals surface area contributed by atoms with Crippen molar-refractivity contribution < 1.29 is 4.79 Å². The molecule has 1 unspecified atom stereocenters. The smallest absolute Gasteiger partial charge is 0.220 e. The first-order valence-corrected chi connectivity index (χ1v) is 5.15. The minimum absolute atomic E-state index is 0.284. The molecule has 2 rings (SSSR count). The number of fused-ring (bicyclic) bond motifs is 1. The molecule has 2 atom stereocenters. The Morgan fingerprint density at radius 2 is 1.83 bits per heavy atom. The van der Waals surface area contributed by atoms with E-state index in [0.29, 0.717) is 12.0 Å². The van der Waals surface area contributed by atoms with Crippen LogP contribution in [0.2, 0.25) is 0 Å². The van der Waals surface area contributed by atoms with E-state index >= 15 is 0 Å². The number of rotatable bonds is 0. The van der Waals surface area contributed by atoms with Gasteiger partial charge in [-0.2, -0.15) is 0 Å². The minimum Gasteiger partial charge on any atom is -0.353 e. The monoisotopic (exact) mass is 167 g/mol. The van der Waals surface area contributed by atoms with Gasteiger partial charge in [0.25, 0.3) is 0 Å². The van der Waals surface area contributed by atoms with Gasteiger partial charge < -0.3 is 5.32 Å². The van der Waals surface area contributed by atoms with Crippen molar-refractivity contribution in [2.24, 2.45) is 5.92 Å². The number of carbonyl (C=O) groups excluding carboxylic acids is 1. The Hall–Kier alpha value is -0.530. The SMILES string of the molecule is O=C1C[C@H]2CCCCCCC2N1. The average molecular weight is 167 g/mol. The predicted molar refractivity (Wildman–Crippen MR) is 47.7 cm³/mol. The molecule has 1 heterocycles. The molecule has 2 fully saturated rings. The van der Waals surface area contributed by atoms with Gasteiger partial charge in [0, 0.05) is 12.5 Å². The first-order valence-electron chi connectivity index (χ1n) is 5.15. The Balaban J connectivity index is 1.96. The van der Waals surface area contributed by atoms with Crippen LogP contribution < -0.4 is 5.32 Å². The number of amides is 1. The van der Waals surface area contributed by atoms with Gasteiger partial charge in [-0.3, -0.25) is 4.79 Å². The van der Waals surface area contributed by atoms with Crippen LogP contribution in [0, 0.1) is 5.92 Å². The Labute approximate surface area is 73.7 Å². The topological polar surface area (TPSA) is 29.1 Å². The molecule has 0 spiro atoms. The quantitative estimate of drug-likeness (QED) is 0.586. The summed E-state index contributed by atoms with van der Waals surface area (Å²) in [5.74, 6) is 0.949. The summed E-state index contributed by atoms with van der Waals surface area (Å²) < 4.78 is 0. The molecule has 0 aromatic rings. The molecule has 0 aromatic carbocycles. The van der Waals surface area contributed by atoms with Crippen LogP contribution >= 0.6 is 0 Å². The van der Waals surface area contributed by atoms with E-state index in [2.05, 4.69) is 5.32 Å². The lowest BCUT2D eigenvalue weighted by molar-refractivity contribution is -0.119. The summed E-state index contributed by atoms with van der Waals surface area (Å²) in [4.78, 5) is 11.1. The first kappa shape index (κ1) is 8.09. The number of carbonyl (C=O) groups is 1. The molecule has 0 aromatic heterocycles. The van der Waals surface area contributed by atoms with E-state index < -0.39 is 0 Å². The van der Waals surface area contributed by atoms with Crippen LogP contribution in [0.15, 0.2) is 0 Å². The van der Waals surface area contributed by atoms with Crippen molar-refractivity contribution in [1.29, 1.82) is 0 Å². The zero-order chi connectivity index (χ0) is 8.39. The number of nitrogens with one attached hydrogen (secondary N) is 1. The third-order valence-corrected chi connectivity index (χ3v) is 3.20. The van der Waals surface area contributed by atoms with Crippen LogP contribution in [0.25, 0.3) is 0 Å². The van der Waals surface area contributed by atoms with Gasteiger partial charge in [-0.25, -0.2) is 0 Å².